The van der Waals surface area contributed by atoms with Crippen LogP contribution >= 0.6 is 0 Å². The van der Waals surface area contributed by atoms with Crippen LogP contribution in [0.4, 0.5) is 0 Å². The Kier molecular flexibility index (Phi) is 6.65. The summed E-state index contributed by atoms with van der Waals surface area (Å²) in [6, 6.07) is 15.6. The van der Waals surface area contributed by atoms with Gasteiger partial charge in [0.15, 0.2) is 0 Å². The number of aromatic nitrogens is 3. The Morgan fingerprint density at radius 2 is 1.72 bits per heavy atom. The summed E-state index contributed by atoms with van der Waals surface area (Å²) in [6.07, 6.45) is 2.78. The van der Waals surface area contributed by atoms with Gasteiger partial charge >= 0.3 is 5.97 Å². The molecule has 6 heteroatoms. The molecular formula is C23H27N3O3. The zero-order chi connectivity index (χ0) is 20.8. The van der Waals surface area contributed by atoms with Crippen molar-refractivity contribution in [1.82, 2.24) is 15.0 Å². The maximum atomic E-state index is 12.4. The average molecular weight is 393 g/mol. The maximum Gasteiger partial charge on any atom is 0.313 e. The molecule has 0 radical (unpaired) electrons. The fourth-order valence-corrected chi connectivity index (χ4v) is 3.05. The summed E-state index contributed by atoms with van der Waals surface area (Å²) in [7, 11) is 1.62. The van der Waals surface area contributed by atoms with E-state index >= 15 is 0 Å². The van der Waals surface area contributed by atoms with Crippen LogP contribution in [-0.2, 0) is 22.6 Å². The largest absolute Gasteiger partial charge is 0.497 e. The van der Waals surface area contributed by atoms with Crippen molar-refractivity contribution in [3.05, 3.63) is 71.5 Å². The molecule has 0 aliphatic heterocycles. The predicted molar refractivity (Wildman–Crippen MR) is 111 cm³/mol. The first-order valence-electron chi connectivity index (χ1n) is 9.77. The highest BCUT2D eigenvalue weighted by molar-refractivity contribution is 5.77. The molecule has 1 unspecified atom stereocenters. The van der Waals surface area contributed by atoms with Gasteiger partial charge in [0, 0.05) is 0 Å². The third kappa shape index (κ3) is 5.44. The van der Waals surface area contributed by atoms with Crippen molar-refractivity contribution in [3.8, 4) is 11.4 Å². The quantitative estimate of drug-likeness (QED) is 0.533. The van der Waals surface area contributed by atoms with Gasteiger partial charge in [0.25, 0.3) is 0 Å². The third-order valence-electron chi connectivity index (χ3n) is 4.72. The maximum absolute atomic E-state index is 12.4. The molecule has 0 N–H and O–H groups in total. The van der Waals surface area contributed by atoms with E-state index < -0.39 is 0 Å². The molecule has 3 aromatic rings. The molecule has 1 aromatic heterocycles. The lowest BCUT2D eigenvalue weighted by Gasteiger charge is -2.12. The first-order chi connectivity index (χ1) is 14.0. The van der Waals surface area contributed by atoms with E-state index in [2.05, 4.69) is 36.3 Å². The Hall–Kier alpha value is -3.15. The summed E-state index contributed by atoms with van der Waals surface area (Å²) in [5, 5.41) is 8.17. The van der Waals surface area contributed by atoms with E-state index in [1.165, 1.54) is 5.56 Å². The van der Waals surface area contributed by atoms with Gasteiger partial charge in [-0.05, 0) is 54.7 Å². The van der Waals surface area contributed by atoms with Gasteiger partial charge in [-0.2, -0.15) is 0 Å². The van der Waals surface area contributed by atoms with Gasteiger partial charge in [-0.3, -0.25) is 4.79 Å². The number of methoxy groups -OCH3 is 1. The van der Waals surface area contributed by atoms with E-state index in [0.717, 1.165) is 23.4 Å². The Morgan fingerprint density at radius 1 is 1.03 bits per heavy atom. The number of ether oxygens (including phenoxy) is 2. The van der Waals surface area contributed by atoms with Crippen LogP contribution in [0.25, 0.3) is 5.69 Å². The second-order valence-corrected chi connectivity index (χ2v) is 7.52. The minimum atomic E-state index is -0.334. The lowest BCUT2D eigenvalue weighted by molar-refractivity contribution is -0.146. The molecule has 0 aliphatic rings. The molecular weight excluding hydrogens is 366 g/mol. The number of carbonyl (C=O) groups is 1. The van der Waals surface area contributed by atoms with E-state index in [-0.39, 0.29) is 18.5 Å². The molecule has 0 fully saturated rings. The number of benzene rings is 2. The van der Waals surface area contributed by atoms with Crippen molar-refractivity contribution in [2.75, 3.05) is 7.11 Å². The highest BCUT2D eigenvalue weighted by atomic mass is 16.5. The highest BCUT2D eigenvalue weighted by Crippen LogP contribution is 2.20. The first kappa shape index (κ1) is 20.6. The highest BCUT2D eigenvalue weighted by Gasteiger charge is 2.17. The SMILES string of the molecule is COc1ccc(-n2cc(COC(=O)C(C)c3ccc(CC(C)C)cc3)nn2)cc1. The monoisotopic (exact) mass is 393 g/mol. The molecule has 0 saturated heterocycles. The van der Waals surface area contributed by atoms with E-state index in [1.807, 2.05) is 43.3 Å². The van der Waals surface area contributed by atoms with Crippen LogP contribution in [0, 0.1) is 5.92 Å². The molecule has 3 rings (SSSR count). The fraction of sp³-hybridized carbons (Fsp3) is 0.348. The Labute approximate surface area is 171 Å². The normalized spacial score (nSPS) is 12.0. The van der Waals surface area contributed by atoms with Gasteiger partial charge in [-0.15, -0.1) is 5.10 Å². The van der Waals surface area contributed by atoms with Crippen LogP contribution in [-0.4, -0.2) is 28.1 Å². The summed E-state index contributed by atoms with van der Waals surface area (Å²) >= 11 is 0. The molecule has 0 saturated carbocycles. The van der Waals surface area contributed by atoms with Crippen molar-refractivity contribution < 1.29 is 14.3 Å². The van der Waals surface area contributed by atoms with Crippen LogP contribution in [0.3, 0.4) is 0 Å². The molecule has 0 aliphatic carbocycles. The lowest BCUT2D eigenvalue weighted by atomic mass is 9.97. The zero-order valence-corrected chi connectivity index (χ0v) is 17.3. The molecule has 2 aromatic carbocycles. The summed E-state index contributed by atoms with van der Waals surface area (Å²) in [4.78, 5) is 12.4. The Bertz CT molecular complexity index is 931. The number of rotatable bonds is 8. The fourth-order valence-electron chi connectivity index (χ4n) is 3.05. The number of nitrogens with zero attached hydrogens (tertiary/aromatic N) is 3. The second-order valence-electron chi connectivity index (χ2n) is 7.52. The standard InChI is InChI=1S/C23H27N3O3/c1-16(2)13-18-5-7-19(8-6-18)17(3)23(27)29-15-20-14-26(25-24-20)21-9-11-22(28-4)12-10-21/h5-12,14,16-17H,13,15H2,1-4H3. The Balaban J connectivity index is 1.56. The summed E-state index contributed by atoms with van der Waals surface area (Å²) in [5.74, 6) is 0.768. The number of hydrogen-bond acceptors (Lipinski definition) is 5. The summed E-state index contributed by atoms with van der Waals surface area (Å²) < 4.78 is 12.2. The molecule has 0 spiro atoms. The second kappa shape index (κ2) is 9.37. The van der Waals surface area contributed by atoms with Crippen LogP contribution in [0.5, 0.6) is 5.75 Å². The van der Waals surface area contributed by atoms with Crippen molar-refractivity contribution in [1.29, 1.82) is 0 Å². The lowest BCUT2D eigenvalue weighted by Crippen LogP contribution is -2.13. The van der Waals surface area contributed by atoms with Crippen molar-refractivity contribution in [2.24, 2.45) is 5.92 Å². The number of carbonyl (C=O) groups excluding carboxylic acids is 1. The van der Waals surface area contributed by atoms with Gasteiger partial charge in [0.1, 0.15) is 18.1 Å². The van der Waals surface area contributed by atoms with Crippen molar-refractivity contribution in [2.45, 2.75) is 39.7 Å². The minimum absolute atomic E-state index is 0.0881. The molecule has 6 nitrogen and oxygen atoms in total. The number of esters is 1. The van der Waals surface area contributed by atoms with E-state index in [1.54, 1.807) is 18.0 Å². The molecule has 29 heavy (non-hydrogen) atoms. The van der Waals surface area contributed by atoms with Crippen LogP contribution in [0.1, 0.15) is 43.5 Å². The van der Waals surface area contributed by atoms with Gasteiger partial charge in [0.2, 0.25) is 0 Å². The van der Waals surface area contributed by atoms with Crippen molar-refractivity contribution >= 4 is 5.97 Å². The van der Waals surface area contributed by atoms with Gasteiger partial charge in [-0.1, -0.05) is 43.3 Å². The molecule has 1 heterocycles. The predicted octanol–water partition coefficient (Wildman–Crippen LogP) is 4.32. The number of hydrogen-bond donors (Lipinski definition) is 0. The van der Waals surface area contributed by atoms with Gasteiger partial charge in [0.05, 0.1) is 24.9 Å². The topological polar surface area (TPSA) is 66.2 Å². The molecule has 0 bridgehead atoms. The molecule has 1 atom stereocenters. The van der Waals surface area contributed by atoms with Crippen LogP contribution < -0.4 is 4.74 Å². The van der Waals surface area contributed by atoms with Crippen LogP contribution in [0.15, 0.2) is 54.7 Å². The first-order valence-corrected chi connectivity index (χ1v) is 9.77. The van der Waals surface area contributed by atoms with Crippen LogP contribution in [0.2, 0.25) is 0 Å². The van der Waals surface area contributed by atoms with Crippen molar-refractivity contribution in [3.63, 3.8) is 0 Å². The third-order valence-corrected chi connectivity index (χ3v) is 4.72. The smallest absolute Gasteiger partial charge is 0.313 e. The molecule has 0 amide bonds. The summed E-state index contributed by atoms with van der Waals surface area (Å²) in [5.41, 5.74) is 3.67. The molecule has 152 valence electrons. The Morgan fingerprint density at radius 3 is 2.34 bits per heavy atom. The van der Waals surface area contributed by atoms with E-state index in [4.69, 9.17) is 9.47 Å². The minimum Gasteiger partial charge on any atom is -0.497 e. The van der Waals surface area contributed by atoms with E-state index in [0.29, 0.717) is 11.6 Å². The summed E-state index contributed by atoms with van der Waals surface area (Å²) in [6.45, 7) is 6.33. The zero-order valence-electron chi connectivity index (χ0n) is 17.3. The van der Waals surface area contributed by atoms with Gasteiger partial charge in [-0.25, -0.2) is 4.68 Å². The average Bonchev–Trinajstić information content (AvgIpc) is 3.21. The van der Waals surface area contributed by atoms with Gasteiger partial charge < -0.3 is 9.47 Å². The van der Waals surface area contributed by atoms with E-state index in [9.17, 15) is 4.79 Å².